The second-order valence-electron chi connectivity index (χ2n) is 18.5. The molecule has 0 aliphatic carbocycles. The summed E-state index contributed by atoms with van der Waals surface area (Å²) in [6, 6.07) is 20.9. The Morgan fingerprint density at radius 3 is 1.15 bits per heavy atom. The fourth-order valence-corrected chi connectivity index (χ4v) is 11.9. The Morgan fingerprint density at radius 1 is 0.513 bits per heavy atom. The lowest BCUT2D eigenvalue weighted by Crippen LogP contribution is -2.50. The molecule has 6 N–H and O–H groups in total. The number of aliphatic hydroxyl groups is 2. The first-order chi connectivity index (χ1) is 37.3. The van der Waals surface area contributed by atoms with Gasteiger partial charge in [-0.2, -0.15) is 0 Å². The average molecular weight is 1210 g/mol. The van der Waals surface area contributed by atoms with E-state index < -0.39 is 44.1 Å². The molecule has 20 nitrogen and oxygen atoms in total. The minimum Gasteiger partial charge on any atom is -0.380 e. The number of benzene rings is 4. The number of fused-ring (bicyclic) bond motifs is 2. The van der Waals surface area contributed by atoms with Gasteiger partial charge in [0.2, 0.25) is 20.0 Å². The van der Waals surface area contributed by atoms with Gasteiger partial charge in [-0.1, -0.05) is 70.7 Å². The first kappa shape index (κ1) is 63.6. The van der Waals surface area contributed by atoms with E-state index in [0.29, 0.717) is 33.2 Å². The second kappa shape index (κ2) is 31.6. The topological polar surface area (TPSA) is 253 Å². The molecule has 430 valence electrons. The number of nitrogens with one attached hydrogen (secondary N) is 4. The molecule has 0 fully saturated rings. The van der Waals surface area contributed by atoms with E-state index in [0.717, 1.165) is 46.5 Å². The third-order valence-corrected chi connectivity index (χ3v) is 16.7. The van der Waals surface area contributed by atoms with Crippen molar-refractivity contribution in [1.29, 1.82) is 0 Å². The number of hydrogen-bond donors (Lipinski definition) is 6. The molecule has 78 heavy (non-hydrogen) atoms. The van der Waals surface area contributed by atoms with Crippen molar-refractivity contribution in [2.24, 2.45) is 0 Å². The van der Waals surface area contributed by atoms with Crippen LogP contribution in [0.3, 0.4) is 0 Å². The molecule has 0 saturated heterocycles. The number of sulfonamides is 2. The van der Waals surface area contributed by atoms with Crippen molar-refractivity contribution in [3.05, 3.63) is 126 Å². The van der Waals surface area contributed by atoms with Crippen LogP contribution >= 0.6 is 46.4 Å². The van der Waals surface area contributed by atoms with Gasteiger partial charge in [-0.05, 0) is 96.0 Å². The van der Waals surface area contributed by atoms with E-state index in [1.807, 2.05) is 50.5 Å². The Bertz CT molecular complexity index is 2620. The van der Waals surface area contributed by atoms with Gasteiger partial charge in [0.15, 0.2) is 12.2 Å². The summed E-state index contributed by atoms with van der Waals surface area (Å²) in [6.45, 7) is 5.06. The summed E-state index contributed by atoms with van der Waals surface area (Å²) < 4.78 is 89.4. The predicted octanol–water partition coefficient (Wildman–Crippen LogP) is 3.77. The number of likely N-dealkylation sites (N-methyl/N-ethyl adjacent to an activating group) is 2. The summed E-state index contributed by atoms with van der Waals surface area (Å²) in [5.41, 5.74) is 6.00. The van der Waals surface area contributed by atoms with Crippen LogP contribution in [-0.4, -0.2) is 194 Å². The highest BCUT2D eigenvalue weighted by atomic mass is 35.5. The molecule has 4 aromatic carbocycles. The Balaban J connectivity index is 0.705. The molecule has 2 heterocycles. The highest BCUT2D eigenvalue weighted by Crippen LogP contribution is 2.40. The number of ether oxygens (including phenoxy) is 6. The lowest BCUT2D eigenvalue weighted by Gasteiger charge is -2.33. The molecule has 0 saturated carbocycles. The molecule has 0 radical (unpaired) electrons. The monoisotopic (exact) mass is 1200 g/mol. The third kappa shape index (κ3) is 19.3. The Hall–Kier alpha value is -3.60. The number of carbonyl (C=O) groups is 2. The molecule has 4 aromatic rings. The fourth-order valence-electron chi connectivity index (χ4n) is 8.76. The lowest BCUT2D eigenvalue weighted by molar-refractivity contribution is -0.146. The maximum Gasteiger partial charge on any atom is 0.252 e. The summed E-state index contributed by atoms with van der Waals surface area (Å²) in [6.07, 6.45) is -4.04. The number of hydrogen-bond acceptors (Lipinski definition) is 16. The van der Waals surface area contributed by atoms with Gasteiger partial charge in [0.25, 0.3) is 11.8 Å². The summed E-state index contributed by atoms with van der Waals surface area (Å²) in [4.78, 5) is 29.1. The molecule has 6 rings (SSSR count). The van der Waals surface area contributed by atoms with Crippen LogP contribution in [0.15, 0.2) is 82.6 Å². The smallest absolute Gasteiger partial charge is 0.252 e. The van der Waals surface area contributed by atoms with Crippen molar-refractivity contribution in [2.75, 3.05) is 133 Å². The van der Waals surface area contributed by atoms with Crippen molar-refractivity contribution in [1.82, 2.24) is 29.9 Å². The van der Waals surface area contributed by atoms with Gasteiger partial charge in [-0.25, -0.2) is 26.3 Å². The molecule has 2 aliphatic heterocycles. The minimum atomic E-state index is -3.77. The van der Waals surface area contributed by atoms with Gasteiger partial charge in [0.1, 0.15) is 0 Å². The Labute approximate surface area is 476 Å². The van der Waals surface area contributed by atoms with Crippen molar-refractivity contribution in [3.63, 3.8) is 0 Å². The van der Waals surface area contributed by atoms with Crippen molar-refractivity contribution >= 4 is 78.3 Å². The van der Waals surface area contributed by atoms with E-state index in [1.54, 1.807) is 36.4 Å². The molecule has 4 atom stereocenters. The van der Waals surface area contributed by atoms with E-state index in [4.69, 9.17) is 74.8 Å². The van der Waals surface area contributed by atoms with E-state index >= 15 is 0 Å². The van der Waals surface area contributed by atoms with Gasteiger partial charge in [-0.15, -0.1) is 0 Å². The molecule has 0 aromatic heterocycles. The summed E-state index contributed by atoms with van der Waals surface area (Å²) in [7, 11) is -3.52. The van der Waals surface area contributed by atoms with E-state index in [1.165, 1.54) is 0 Å². The lowest BCUT2D eigenvalue weighted by atomic mass is 9.85. The van der Waals surface area contributed by atoms with Crippen molar-refractivity contribution in [2.45, 2.75) is 46.9 Å². The molecule has 0 bridgehead atoms. The fraction of sp³-hybridized carbons (Fsp3) is 0.500. The zero-order valence-corrected chi connectivity index (χ0v) is 48.1. The number of halogens is 4. The number of aliphatic hydroxyl groups excluding tert-OH is 2. The predicted molar refractivity (Wildman–Crippen MR) is 295 cm³/mol. The molecular weight excluding hydrogens is 1140 g/mol. The highest BCUT2D eigenvalue weighted by molar-refractivity contribution is 7.89. The maximum absolute atomic E-state index is 12.9. The van der Waals surface area contributed by atoms with Gasteiger partial charge in [0.05, 0.1) is 89.1 Å². The zero-order valence-electron chi connectivity index (χ0n) is 43.4. The van der Waals surface area contributed by atoms with Gasteiger partial charge in [-0.3, -0.25) is 9.59 Å². The molecule has 2 amide bonds. The largest absolute Gasteiger partial charge is 0.380 e. The number of amides is 2. The molecular formula is C52H68Cl4N6O14S2. The van der Waals surface area contributed by atoms with Crippen LogP contribution in [0.1, 0.15) is 45.2 Å². The zero-order chi connectivity index (χ0) is 56.2. The van der Waals surface area contributed by atoms with Crippen LogP contribution in [0.25, 0.3) is 0 Å². The Kier molecular flexibility index (Phi) is 25.7. The quantitative estimate of drug-likeness (QED) is 0.0372. The Morgan fingerprint density at radius 2 is 0.821 bits per heavy atom. The summed E-state index contributed by atoms with van der Waals surface area (Å²) in [5.74, 6) is -1.96. The maximum atomic E-state index is 12.9. The van der Waals surface area contributed by atoms with Gasteiger partial charge < -0.3 is 59.1 Å². The number of carbonyl (C=O) groups excluding carboxylic acids is 2. The normalized spacial score (nSPS) is 16.8. The first-order valence-electron chi connectivity index (χ1n) is 25.2. The SMILES string of the molecule is CN1Cc2c(Cl)cc(Cl)cc2C(c2ccc(S(=O)(=O)NCCOCCOCCOCCNC(=O)C(O)C(O)C(=O)NCCOCCOCCOCCNS(=O)(=O)c3ccc(C4CN(C)Cc5c(Cl)cc(Cl)cc54)cc3)cc2)C1. The molecule has 0 spiro atoms. The first-order valence-corrected chi connectivity index (χ1v) is 29.7. The average Bonchev–Trinajstić information content (AvgIpc) is 3.47. The van der Waals surface area contributed by atoms with Gasteiger partial charge in [0, 0.05) is 84.3 Å². The summed E-state index contributed by atoms with van der Waals surface area (Å²) in [5, 5.41) is 27.4. The van der Waals surface area contributed by atoms with Crippen LogP contribution in [0.5, 0.6) is 0 Å². The highest BCUT2D eigenvalue weighted by Gasteiger charge is 2.31. The van der Waals surface area contributed by atoms with Crippen LogP contribution < -0.4 is 20.1 Å². The van der Waals surface area contributed by atoms with Crippen molar-refractivity contribution < 1.29 is 65.1 Å². The minimum absolute atomic E-state index is 0.00588. The molecule has 2 aliphatic rings. The van der Waals surface area contributed by atoms with E-state index in [-0.39, 0.29) is 127 Å². The van der Waals surface area contributed by atoms with Crippen LogP contribution in [-0.2, 0) is 71.1 Å². The molecule has 4 unspecified atom stereocenters. The van der Waals surface area contributed by atoms with Gasteiger partial charge >= 0.3 is 0 Å². The van der Waals surface area contributed by atoms with Crippen molar-refractivity contribution in [3.8, 4) is 0 Å². The van der Waals surface area contributed by atoms with Crippen LogP contribution in [0, 0.1) is 0 Å². The second-order valence-corrected chi connectivity index (χ2v) is 23.7. The number of rotatable bonds is 33. The molecule has 26 heteroatoms. The van der Waals surface area contributed by atoms with Crippen LogP contribution in [0.2, 0.25) is 20.1 Å². The third-order valence-electron chi connectivity index (χ3n) is 12.7. The number of nitrogens with zero attached hydrogens (tertiary/aromatic N) is 2. The van der Waals surface area contributed by atoms with E-state index in [2.05, 4.69) is 29.9 Å². The standard InChI is InChI=1S/C52H68Cl4N6O14S2/c1-61-31-43(41-27-37(53)29-47(55)45(41)33-61)35-3-7-39(8-4-35)77(67,68)59-13-17-73-21-25-75-23-19-71-15-11-57-51(65)49(63)50(64)52(66)58-12-16-72-20-24-76-26-22-74-18-14-60-78(69,70)40-9-5-36(6-10-40)44-32-62(2)34-46-42(44)28-38(54)30-48(46)56/h3-10,27-30,43-44,49-50,59-60,63-64H,11-26,31-34H2,1-2H3,(H,57,65)(H,58,66). The van der Waals surface area contributed by atoms with E-state index in [9.17, 15) is 36.6 Å². The summed E-state index contributed by atoms with van der Waals surface area (Å²) >= 11 is 25.6. The van der Waals surface area contributed by atoms with Crippen LogP contribution in [0.4, 0.5) is 0 Å².